The largest absolute Gasteiger partial charge is 0.491 e. The van der Waals surface area contributed by atoms with Crippen LogP contribution in [0.1, 0.15) is 36.4 Å². The topological polar surface area (TPSA) is 78.5 Å². The van der Waals surface area contributed by atoms with Gasteiger partial charge in [-0.1, -0.05) is 50.2 Å². The number of aliphatic hydroxyl groups is 1. The standard InChI is InChI=1S/C29H35N3O3S/c1-18(2)13-32(14-23(33)16-35-25-9-7-6-8-20(25)4)15-26-30-28(34)27-24(17-36-29(27)31-26)22-11-10-19(3)21(5)12-22/h6-12,17-18,23,33H,13-16H2,1-5H3,(H,30,31,34)/t23-/m1/s1. The molecule has 0 unspecified atom stereocenters. The van der Waals surface area contributed by atoms with Gasteiger partial charge in [-0.2, -0.15) is 0 Å². The Morgan fingerprint density at radius 2 is 1.83 bits per heavy atom. The summed E-state index contributed by atoms with van der Waals surface area (Å²) in [4.78, 5) is 23.8. The second kappa shape index (κ2) is 11.4. The average Bonchev–Trinajstić information content (AvgIpc) is 3.24. The zero-order valence-electron chi connectivity index (χ0n) is 21.7. The van der Waals surface area contributed by atoms with Crippen molar-refractivity contribution in [2.75, 3.05) is 19.7 Å². The van der Waals surface area contributed by atoms with E-state index in [0.717, 1.165) is 33.8 Å². The van der Waals surface area contributed by atoms with Crippen molar-refractivity contribution in [1.82, 2.24) is 14.9 Å². The van der Waals surface area contributed by atoms with Gasteiger partial charge in [0.1, 0.15) is 29.1 Å². The van der Waals surface area contributed by atoms with Gasteiger partial charge in [0.25, 0.3) is 5.56 Å². The Kier molecular flexibility index (Phi) is 8.24. The van der Waals surface area contributed by atoms with Crippen molar-refractivity contribution >= 4 is 21.6 Å². The first-order chi connectivity index (χ1) is 17.2. The molecule has 6 nitrogen and oxygen atoms in total. The molecule has 0 aliphatic rings. The van der Waals surface area contributed by atoms with Crippen LogP contribution in [0.15, 0.2) is 52.6 Å². The predicted molar refractivity (Wildman–Crippen MR) is 148 cm³/mol. The van der Waals surface area contributed by atoms with Crippen molar-refractivity contribution in [3.8, 4) is 16.9 Å². The first-order valence-electron chi connectivity index (χ1n) is 12.4. The summed E-state index contributed by atoms with van der Waals surface area (Å²) >= 11 is 1.49. The summed E-state index contributed by atoms with van der Waals surface area (Å²) in [5.41, 5.74) is 5.28. The molecule has 0 saturated carbocycles. The van der Waals surface area contributed by atoms with Gasteiger partial charge in [-0.15, -0.1) is 11.3 Å². The minimum Gasteiger partial charge on any atom is -0.491 e. The molecule has 190 valence electrons. The minimum absolute atomic E-state index is 0.127. The van der Waals surface area contributed by atoms with Crippen molar-refractivity contribution in [2.45, 2.75) is 47.3 Å². The van der Waals surface area contributed by atoms with E-state index in [2.05, 4.69) is 55.8 Å². The normalized spacial score (nSPS) is 12.6. The summed E-state index contributed by atoms with van der Waals surface area (Å²) in [7, 11) is 0. The molecule has 2 aromatic heterocycles. The van der Waals surface area contributed by atoms with E-state index in [1.165, 1.54) is 22.5 Å². The first-order valence-corrected chi connectivity index (χ1v) is 13.3. The van der Waals surface area contributed by atoms with Gasteiger partial charge in [-0.25, -0.2) is 4.98 Å². The van der Waals surface area contributed by atoms with E-state index < -0.39 is 6.10 Å². The number of benzene rings is 2. The number of para-hydroxylation sites is 1. The van der Waals surface area contributed by atoms with Gasteiger partial charge in [0.05, 0.1) is 11.9 Å². The van der Waals surface area contributed by atoms with E-state index >= 15 is 0 Å². The number of H-pyrrole nitrogens is 1. The van der Waals surface area contributed by atoms with Crippen molar-refractivity contribution < 1.29 is 9.84 Å². The predicted octanol–water partition coefficient (Wildman–Crippen LogP) is 5.47. The number of hydrogen-bond donors (Lipinski definition) is 2. The molecular weight excluding hydrogens is 470 g/mol. The van der Waals surface area contributed by atoms with E-state index in [1.54, 1.807) is 0 Å². The maximum absolute atomic E-state index is 13.1. The highest BCUT2D eigenvalue weighted by molar-refractivity contribution is 7.17. The highest BCUT2D eigenvalue weighted by atomic mass is 32.1. The number of aliphatic hydroxyl groups excluding tert-OH is 1. The molecule has 0 radical (unpaired) electrons. The second-order valence-corrected chi connectivity index (χ2v) is 10.8. The van der Waals surface area contributed by atoms with E-state index in [9.17, 15) is 9.90 Å². The highest BCUT2D eigenvalue weighted by Gasteiger charge is 2.18. The summed E-state index contributed by atoms with van der Waals surface area (Å²) in [6, 6.07) is 14.0. The Labute approximate surface area is 216 Å². The molecule has 2 aromatic carbocycles. The molecule has 2 heterocycles. The third kappa shape index (κ3) is 6.22. The van der Waals surface area contributed by atoms with Gasteiger partial charge in [-0.05, 0) is 55.0 Å². The number of thiophene rings is 1. The summed E-state index contributed by atoms with van der Waals surface area (Å²) < 4.78 is 5.84. The van der Waals surface area contributed by atoms with Crippen LogP contribution in [0, 0.1) is 26.7 Å². The van der Waals surface area contributed by atoms with Crippen molar-refractivity contribution in [1.29, 1.82) is 0 Å². The van der Waals surface area contributed by atoms with Crippen LogP contribution in [0.2, 0.25) is 0 Å². The summed E-state index contributed by atoms with van der Waals surface area (Å²) in [5.74, 6) is 1.78. The Balaban J connectivity index is 1.51. The zero-order valence-corrected chi connectivity index (χ0v) is 22.5. The monoisotopic (exact) mass is 505 g/mol. The minimum atomic E-state index is -0.670. The smallest absolute Gasteiger partial charge is 0.260 e. The lowest BCUT2D eigenvalue weighted by molar-refractivity contribution is 0.0604. The van der Waals surface area contributed by atoms with E-state index in [0.29, 0.717) is 30.2 Å². The molecule has 0 fully saturated rings. The maximum atomic E-state index is 13.1. The van der Waals surface area contributed by atoms with E-state index in [-0.39, 0.29) is 12.2 Å². The molecule has 0 spiro atoms. The van der Waals surface area contributed by atoms with E-state index in [4.69, 9.17) is 9.72 Å². The average molecular weight is 506 g/mol. The summed E-state index contributed by atoms with van der Waals surface area (Å²) in [5, 5.41) is 13.4. The Bertz CT molecular complexity index is 1390. The molecule has 0 bridgehead atoms. The number of fused-ring (bicyclic) bond motifs is 1. The molecular formula is C29H35N3O3S. The van der Waals surface area contributed by atoms with Crippen molar-refractivity contribution in [2.24, 2.45) is 5.92 Å². The molecule has 7 heteroatoms. The number of aromatic nitrogens is 2. The van der Waals surface area contributed by atoms with Gasteiger partial charge in [0.2, 0.25) is 0 Å². The zero-order chi connectivity index (χ0) is 25.8. The van der Waals surface area contributed by atoms with Crippen LogP contribution in [0.5, 0.6) is 5.75 Å². The summed E-state index contributed by atoms with van der Waals surface area (Å²) in [6.07, 6.45) is -0.670. The number of nitrogens with zero attached hydrogens (tertiary/aromatic N) is 2. The lowest BCUT2D eigenvalue weighted by atomic mass is 10.0. The van der Waals surface area contributed by atoms with Gasteiger partial charge in [0.15, 0.2) is 0 Å². The van der Waals surface area contributed by atoms with Gasteiger partial charge in [0, 0.05) is 24.0 Å². The van der Waals surface area contributed by atoms with E-state index in [1.807, 2.05) is 36.6 Å². The van der Waals surface area contributed by atoms with Gasteiger partial charge in [-0.3, -0.25) is 9.69 Å². The van der Waals surface area contributed by atoms with Crippen LogP contribution in [0.4, 0.5) is 0 Å². The number of rotatable bonds is 10. The van der Waals surface area contributed by atoms with Crippen LogP contribution in [0.3, 0.4) is 0 Å². The Hall–Kier alpha value is -3.00. The maximum Gasteiger partial charge on any atom is 0.260 e. The number of aryl methyl sites for hydroxylation is 3. The van der Waals surface area contributed by atoms with Gasteiger partial charge < -0.3 is 14.8 Å². The molecule has 4 aromatic rings. The lowest BCUT2D eigenvalue weighted by Crippen LogP contribution is -2.38. The van der Waals surface area contributed by atoms with Crippen molar-refractivity contribution in [3.63, 3.8) is 0 Å². The van der Waals surface area contributed by atoms with Gasteiger partial charge >= 0.3 is 0 Å². The molecule has 0 aliphatic carbocycles. The molecule has 0 aliphatic heterocycles. The highest BCUT2D eigenvalue weighted by Crippen LogP contribution is 2.31. The lowest BCUT2D eigenvalue weighted by Gasteiger charge is -2.26. The Morgan fingerprint density at radius 1 is 1.06 bits per heavy atom. The molecule has 0 saturated heterocycles. The SMILES string of the molecule is Cc1ccc(-c2csc3nc(CN(CC(C)C)C[C@@H](O)COc4ccccc4C)[nH]c(=O)c23)cc1C. The molecule has 2 N–H and O–H groups in total. The number of hydrogen-bond acceptors (Lipinski definition) is 6. The first kappa shape index (κ1) is 26.1. The summed E-state index contributed by atoms with van der Waals surface area (Å²) in [6.45, 7) is 12.3. The third-order valence-electron chi connectivity index (χ3n) is 6.30. The fraction of sp³-hybridized carbons (Fsp3) is 0.379. The van der Waals surface area contributed by atoms with Crippen LogP contribution in [0.25, 0.3) is 21.3 Å². The Morgan fingerprint density at radius 3 is 2.56 bits per heavy atom. The number of nitrogens with one attached hydrogen (secondary N) is 1. The molecule has 36 heavy (non-hydrogen) atoms. The molecule has 1 atom stereocenters. The second-order valence-electron chi connectivity index (χ2n) is 9.96. The number of ether oxygens (including phenoxy) is 1. The number of aromatic amines is 1. The fourth-order valence-corrected chi connectivity index (χ4v) is 5.34. The van der Waals surface area contributed by atoms with Crippen LogP contribution in [-0.4, -0.2) is 45.8 Å². The van der Waals surface area contributed by atoms with Crippen molar-refractivity contribution in [3.05, 3.63) is 80.7 Å². The molecule has 4 rings (SSSR count). The quantitative estimate of drug-likeness (QED) is 0.299. The fourth-order valence-electron chi connectivity index (χ4n) is 4.38. The van der Waals surface area contributed by atoms with Crippen LogP contribution >= 0.6 is 11.3 Å². The van der Waals surface area contributed by atoms with Crippen LogP contribution in [-0.2, 0) is 6.54 Å². The molecule has 0 amide bonds. The van der Waals surface area contributed by atoms with Crippen LogP contribution < -0.4 is 10.3 Å². The third-order valence-corrected chi connectivity index (χ3v) is 7.17.